The van der Waals surface area contributed by atoms with E-state index in [-0.39, 0.29) is 42.5 Å². The number of hydrogen-bond acceptors (Lipinski definition) is 6. The maximum Gasteiger partial charge on any atom is 0.246 e. The Labute approximate surface area is 153 Å². The second kappa shape index (κ2) is 8.79. The topological polar surface area (TPSA) is 100 Å². The van der Waals surface area contributed by atoms with Crippen molar-refractivity contribution in [3.8, 4) is 0 Å². The molecule has 9 nitrogen and oxygen atoms in total. The second-order valence-corrected chi connectivity index (χ2v) is 7.08. The smallest absolute Gasteiger partial charge is 0.246 e. The highest BCUT2D eigenvalue weighted by atomic mass is 16.5. The molecule has 0 spiro atoms. The molecular formula is C17H28N4O5. The monoisotopic (exact) mass is 368 g/mol. The van der Waals surface area contributed by atoms with Crippen molar-refractivity contribution in [1.29, 1.82) is 0 Å². The van der Waals surface area contributed by atoms with E-state index in [2.05, 4.69) is 15.5 Å². The lowest BCUT2D eigenvalue weighted by molar-refractivity contribution is -0.136. The third kappa shape index (κ3) is 4.52. The van der Waals surface area contributed by atoms with E-state index in [1.807, 2.05) is 4.90 Å². The van der Waals surface area contributed by atoms with Gasteiger partial charge < -0.3 is 25.0 Å². The molecule has 0 unspecified atom stereocenters. The molecule has 3 aliphatic heterocycles. The average molecular weight is 368 g/mol. The first-order valence-corrected chi connectivity index (χ1v) is 9.25. The molecule has 146 valence electrons. The van der Waals surface area contributed by atoms with Crippen molar-refractivity contribution in [3.63, 3.8) is 0 Å². The van der Waals surface area contributed by atoms with Crippen LogP contribution in [0.4, 0.5) is 0 Å². The molecule has 0 aliphatic carbocycles. The minimum absolute atomic E-state index is 0.00393. The number of nitrogens with one attached hydrogen (secondary N) is 2. The van der Waals surface area contributed by atoms with Crippen molar-refractivity contribution in [2.24, 2.45) is 0 Å². The molecule has 0 saturated carbocycles. The minimum atomic E-state index is -0.236. The summed E-state index contributed by atoms with van der Waals surface area (Å²) in [4.78, 5) is 40.3. The Bertz CT molecular complexity index is 537. The van der Waals surface area contributed by atoms with Gasteiger partial charge in [-0.15, -0.1) is 0 Å². The number of methoxy groups -OCH3 is 1. The molecule has 3 rings (SSSR count). The van der Waals surface area contributed by atoms with Crippen LogP contribution in [0, 0.1) is 0 Å². The zero-order valence-electron chi connectivity index (χ0n) is 15.2. The zero-order chi connectivity index (χ0) is 18.5. The van der Waals surface area contributed by atoms with Crippen LogP contribution in [0.25, 0.3) is 0 Å². The van der Waals surface area contributed by atoms with E-state index in [9.17, 15) is 14.4 Å². The highest BCUT2D eigenvalue weighted by Crippen LogP contribution is 2.26. The van der Waals surface area contributed by atoms with Gasteiger partial charge in [0.05, 0.1) is 19.3 Å². The summed E-state index contributed by atoms with van der Waals surface area (Å²) < 4.78 is 10.1. The number of piperazine rings is 1. The van der Waals surface area contributed by atoms with Crippen LogP contribution in [-0.2, 0) is 23.9 Å². The number of rotatable bonds is 6. The molecular weight excluding hydrogens is 340 g/mol. The molecule has 2 N–H and O–H groups in total. The molecule has 3 amide bonds. The van der Waals surface area contributed by atoms with E-state index in [1.54, 1.807) is 0 Å². The Hall–Kier alpha value is -1.71. The first-order chi connectivity index (χ1) is 12.6. The summed E-state index contributed by atoms with van der Waals surface area (Å²) in [6.07, 6.45) is 1.76. The van der Waals surface area contributed by atoms with Crippen LogP contribution in [0.1, 0.15) is 19.3 Å². The van der Waals surface area contributed by atoms with Gasteiger partial charge in [-0.3, -0.25) is 19.3 Å². The van der Waals surface area contributed by atoms with Crippen LogP contribution in [0.15, 0.2) is 0 Å². The van der Waals surface area contributed by atoms with Crippen molar-refractivity contribution >= 4 is 17.7 Å². The van der Waals surface area contributed by atoms with Crippen LogP contribution in [0.5, 0.6) is 0 Å². The second-order valence-electron chi connectivity index (χ2n) is 7.08. The number of fused-ring (bicyclic) bond motifs is 1. The lowest BCUT2D eigenvalue weighted by Crippen LogP contribution is -2.58. The third-order valence-electron chi connectivity index (χ3n) is 5.32. The first-order valence-electron chi connectivity index (χ1n) is 9.25. The van der Waals surface area contributed by atoms with Gasteiger partial charge >= 0.3 is 0 Å². The fourth-order valence-electron chi connectivity index (χ4n) is 4.01. The van der Waals surface area contributed by atoms with Gasteiger partial charge in [-0.2, -0.15) is 0 Å². The van der Waals surface area contributed by atoms with Gasteiger partial charge in [0, 0.05) is 51.8 Å². The molecule has 3 heterocycles. The van der Waals surface area contributed by atoms with Crippen LogP contribution in [0.3, 0.4) is 0 Å². The zero-order valence-corrected chi connectivity index (χ0v) is 15.2. The van der Waals surface area contributed by atoms with Crippen molar-refractivity contribution in [1.82, 2.24) is 20.4 Å². The summed E-state index contributed by atoms with van der Waals surface area (Å²) in [7, 11) is 1.48. The Kier molecular flexibility index (Phi) is 6.44. The van der Waals surface area contributed by atoms with Crippen molar-refractivity contribution in [3.05, 3.63) is 0 Å². The Morgan fingerprint density at radius 1 is 1.35 bits per heavy atom. The summed E-state index contributed by atoms with van der Waals surface area (Å²) in [6.45, 7) is 3.70. The molecule has 3 fully saturated rings. The summed E-state index contributed by atoms with van der Waals surface area (Å²) in [6, 6.07) is -0.184. The summed E-state index contributed by atoms with van der Waals surface area (Å²) >= 11 is 0. The number of amides is 3. The van der Waals surface area contributed by atoms with E-state index in [0.717, 1.165) is 0 Å². The predicted octanol–water partition coefficient (Wildman–Crippen LogP) is -1.67. The normalized spacial score (nSPS) is 29.2. The highest BCUT2D eigenvalue weighted by Gasteiger charge is 2.43. The maximum absolute atomic E-state index is 12.4. The standard InChI is InChI=1S/C17H28N4O5/c1-25-11-15(22)19-12-8-14-17(24)18-9-13(21(14)10-12)2-3-16(23)20-4-6-26-7-5-20/h12-14H,2-11H2,1H3,(H,18,24)(H,19,22)/t12-,13+,14-/m0/s1. The van der Waals surface area contributed by atoms with E-state index >= 15 is 0 Å². The molecule has 0 aromatic carbocycles. The quantitative estimate of drug-likeness (QED) is 0.582. The van der Waals surface area contributed by atoms with Gasteiger partial charge in [0.15, 0.2) is 0 Å². The molecule has 9 heteroatoms. The van der Waals surface area contributed by atoms with Crippen LogP contribution >= 0.6 is 0 Å². The largest absolute Gasteiger partial charge is 0.378 e. The Morgan fingerprint density at radius 3 is 2.85 bits per heavy atom. The lowest BCUT2D eigenvalue weighted by atomic mass is 10.0. The number of hydrogen-bond donors (Lipinski definition) is 2. The van der Waals surface area contributed by atoms with E-state index in [1.165, 1.54) is 7.11 Å². The third-order valence-corrected chi connectivity index (χ3v) is 5.32. The van der Waals surface area contributed by atoms with Crippen molar-refractivity contribution in [2.75, 3.05) is 53.1 Å². The van der Waals surface area contributed by atoms with Crippen LogP contribution < -0.4 is 10.6 Å². The molecule has 3 aliphatic rings. The van der Waals surface area contributed by atoms with Crippen LogP contribution in [-0.4, -0.2) is 98.8 Å². The number of carbonyl (C=O) groups is 3. The molecule has 0 aromatic rings. The molecule has 0 aromatic heterocycles. The molecule has 26 heavy (non-hydrogen) atoms. The summed E-state index contributed by atoms with van der Waals surface area (Å²) in [5.41, 5.74) is 0. The first kappa shape index (κ1) is 19.1. The fourth-order valence-corrected chi connectivity index (χ4v) is 4.01. The molecule has 3 atom stereocenters. The van der Waals surface area contributed by atoms with E-state index < -0.39 is 0 Å². The van der Waals surface area contributed by atoms with E-state index in [0.29, 0.717) is 58.7 Å². The van der Waals surface area contributed by atoms with E-state index in [4.69, 9.17) is 9.47 Å². The predicted molar refractivity (Wildman–Crippen MR) is 92.3 cm³/mol. The van der Waals surface area contributed by atoms with Gasteiger partial charge in [0.25, 0.3) is 0 Å². The molecule has 0 bridgehead atoms. The SMILES string of the molecule is COCC(=O)N[C@H]1C[C@H]2C(=O)NC[C@@H](CCC(=O)N3CCOCC3)N2C1. The van der Waals surface area contributed by atoms with Crippen LogP contribution in [0.2, 0.25) is 0 Å². The minimum Gasteiger partial charge on any atom is -0.378 e. The molecule has 3 saturated heterocycles. The van der Waals surface area contributed by atoms with Gasteiger partial charge in [-0.1, -0.05) is 0 Å². The number of carbonyl (C=O) groups excluding carboxylic acids is 3. The van der Waals surface area contributed by atoms with Gasteiger partial charge in [0.2, 0.25) is 17.7 Å². The number of morpholine rings is 1. The summed E-state index contributed by atoms with van der Waals surface area (Å²) in [5, 5.41) is 5.86. The number of nitrogens with zero attached hydrogens (tertiary/aromatic N) is 2. The van der Waals surface area contributed by atoms with Gasteiger partial charge in [-0.05, 0) is 12.8 Å². The molecule has 0 radical (unpaired) electrons. The fraction of sp³-hybridized carbons (Fsp3) is 0.824. The Morgan fingerprint density at radius 2 is 2.12 bits per heavy atom. The Balaban J connectivity index is 1.52. The van der Waals surface area contributed by atoms with Gasteiger partial charge in [-0.25, -0.2) is 0 Å². The average Bonchev–Trinajstić information content (AvgIpc) is 3.06. The maximum atomic E-state index is 12.4. The summed E-state index contributed by atoms with van der Waals surface area (Å²) in [5.74, 6) is -0.0214. The number of ether oxygens (including phenoxy) is 2. The highest BCUT2D eigenvalue weighted by molar-refractivity contribution is 5.84. The lowest BCUT2D eigenvalue weighted by Gasteiger charge is -2.37. The van der Waals surface area contributed by atoms with Gasteiger partial charge in [0.1, 0.15) is 6.61 Å². The van der Waals surface area contributed by atoms with Crippen molar-refractivity contribution < 1.29 is 23.9 Å². The van der Waals surface area contributed by atoms with Crippen molar-refractivity contribution in [2.45, 2.75) is 37.4 Å².